The number of aromatic nitrogens is 1. The van der Waals surface area contributed by atoms with Crippen molar-refractivity contribution < 1.29 is 9.72 Å². The highest BCUT2D eigenvalue weighted by Crippen LogP contribution is 2.30. The van der Waals surface area contributed by atoms with E-state index in [9.17, 15) is 14.9 Å². The minimum absolute atomic E-state index is 0.146. The number of carbonyl (C=O) groups is 1. The fraction of sp³-hybridized carbons (Fsp3) is 0.125. The van der Waals surface area contributed by atoms with Crippen molar-refractivity contribution >= 4 is 55.6 Å². The lowest BCUT2D eigenvalue weighted by molar-refractivity contribution is -0.384. The Bertz CT molecular complexity index is 987. The standard InChI is InChI=1S/C16H13ClN4O3S/c1-20(2)13-6-4-10(21(23)24)8-11(13)15(22)19-16-18-12-5-3-9(17)7-14(12)25-16/h3-8H,1-2H3,(H,18,19,22). The van der Waals surface area contributed by atoms with Gasteiger partial charge in [-0.1, -0.05) is 22.9 Å². The number of thiazole rings is 1. The van der Waals surface area contributed by atoms with Gasteiger partial charge in [-0.25, -0.2) is 4.98 Å². The highest BCUT2D eigenvalue weighted by atomic mass is 35.5. The molecule has 0 unspecified atom stereocenters. The van der Waals surface area contributed by atoms with E-state index in [4.69, 9.17) is 11.6 Å². The molecule has 0 fully saturated rings. The quantitative estimate of drug-likeness (QED) is 0.545. The summed E-state index contributed by atoms with van der Waals surface area (Å²) in [4.78, 5) is 29.2. The average molecular weight is 377 g/mol. The van der Waals surface area contributed by atoms with Crippen molar-refractivity contribution in [3.63, 3.8) is 0 Å². The van der Waals surface area contributed by atoms with Gasteiger partial charge >= 0.3 is 0 Å². The molecule has 0 saturated carbocycles. The molecule has 0 aliphatic carbocycles. The number of nitro groups is 1. The number of rotatable bonds is 4. The molecule has 3 rings (SSSR count). The number of halogens is 1. The lowest BCUT2D eigenvalue weighted by Gasteiger charge is -2.16. The number of fused-ring (bicyclic) bond motifs is 1. The van der Waals surface area contributed by atoms with Gasteiger partial charge in [0.1, 0.15) is 0 Å². The van der Waals surface area contributed by atoms with Crippen LogP contribution in [0.1, 0.15) is 10.4 Å². The monoisotopic (exact) mass is 376 g/mol. The van der Waals surface area contributed by atoms with Crippen LogP contribution in [0.15, 0.2) is 36.4 Å². The Kier molecular flexibility index (Phi) is 4.56. The van der Waals surface area contributed by atoms with E-state index in [-0.39, 0.29) is 11.3 Å². The van der Waals surface area contributed by atoms with Gasteiger partial charge < -0.3 is 4.90 Å². The first-order chi connectivity index (χ1) is 11.8. The zero-order valence-corrected chi connectivity index (χ0v) is 14.9. The number of nitro benzene ring substituents is 1. The molecule has 0 bridgehead atoms. The summed E-state index contributed by atoms with van der Waals surface area (Å²) in [6.07, 6.45) is 0. The number of nitrogens with zero attached hydrogens (tertiary/aromatic N) is 3. The van der Waals surface area contributed by atoms with E-state index < -0.39 is 10.8 Å². The molecule has 0 aliphatic rings. The van der Waals surface area contributed by atoms with Crippen molar-refractivity contribution in [3.05, 3.63) is 57.1 Å². The van der Waals surface area contributed by atoms with Gasteiger partial charge in [0, 0.05) is 36.9 Å². The summed E-state index contributed by atoms with van der Waals surface area (Å²) in [5.74, 6) is -0.461. The van der Waals surface area contributed by atoms with Gasteiger partial charge in [0.2, 0.25) is 0 Å². The number of carbonyl (C=O) groups excluding carboxylic acids is 1. The number of non-ortho nitro benzene ring substituents is 1. The van der Waals surface area contributed by atoms with E-state index in [1.807, 2.05) is 0 Å². The second-order valence-corrected chi connectivity index (χ2v) is 6.91. The zero-order valence-electron chi connectivity index (χ0n) is 13.3. The van der Waals surface area contributed by atoms with Crippen LogP contribution in [-0.2, 0) is 0 Å². The summed E-state index contributed by atoms with van der Waals surface area (Å²) < 4.78 is 0.842. The first-order valence-corrected chi connectivity index (χ1v) is 8.38. The molecule has 1 N–H and O–H groups in total. The van der Waals surface area contributed by atoms with Gasteiger partial charge in [-0.2, -0.15) is 0 Å². The van der Waals surface area contributed by atoms with Crippen molar-refractivity contribution in [1.82, 2.24) is 4.98 Å². The minimum Gasteiger partial charge on any atom is -0.377 e. The van der Waals surface area contributed by atoms with E-state index in [1.54, 1.807) is 43.3 Å². The molecule has 1 amide bonds. The molecule has 7 nitrogen and oxygen atoms in total. The van der Waals surface area contributed by atoms with Crippen LogP contribution in [0.25, 0.3) is 10.2 Å². The maximum absolute atomic E-state index is 12.6. The van der Waals surface area contributed by atoms with Crippen LogP contribution in [0, 0.1) is 10.1 Å². The number of amides is 1. The second kappa shape index (κ2) is 6.66. The molecule has 128 valence electrons. The number of hydrogen-bond donors (Lipinski definition) is 1. The Morgan fingerprint density at radius 1 is 1.28 bits per heavy atom. The third kappa shape index (κ3) is 3.54. The van der Waals surface area contributed by atoms with Crippen LogP contribution >= 0.6 is 22.9 Å². The second-order valence-electron chi connectivity index (χ2n) is 5.44. The third-order valence-corrected chi connectivity index (χ3v) is 4.66. The molecular formula is C16H13ClN4O3S. The molecule has 1 heterocycles. The Hall–Kier alpha value is -2.71. The van der Waals surface area contributed by atoms with Crippen LogP contribution in [0.3, 0.4) is 0 Å². The normalized spacial score (nSPS) is 10.7. The Morgan fingerprint density at radius 3 is 2.72 bits per heavy atom. The van der Waals surface area contributed by atoms with Gasteiger partial charge in [-0.3, -0.25) is 20.2 Å². The lowest BCUT2D eigenvalue weighted by Crippen LogP contribution is -2.18. The Morgan fingerprint density at radius 2 is 2.04 bits per heavy atom. The molecule has 1 aromatic heterocycles. The number of hydrogen-bond acceptors (Lipinski definition) is 6. The van der Waals surface area contributed by atoms with Gasteiger partial charge in [0.25, 0.3) is 11.6 Å². The molecule has 0 atom stereocenters. The molecule has 2 aromatic carbocycles. The third-order valence-electron chi connectivity index (χ3n) is 3.49. The van der Waals surface area contributed by atoms with Crippen molar-refractivity contribution in [2.45, 2.75) is 0 Å². The van der Waals surface area contributed by atoms with Gasteiger partial charge in [-0.15, -0.1) is 0 Å². The van der Waals surface area contributed by atoms with E-state index >= 15 is 0 Å². The summed E-state index contributed by atoms with van der Waals surface area (Å²) in [6, 6.07) is 9.43. The summed E-state index contributed by atoms with van der Waals surface area (Å²) in [7, 11) is 3.52. The predicted octanol–water partition coefficient (Wildman–Crippen LogP) is 4.18. The highest BCUT2D eigenvalue weighted by molar-refractivity contribution is 7.22. The summed E-state index contributed by atoms with van der Waals surface area (Å²) >= 11 is 7.24. The van der Waals surface area contributed by atoms with Crippen molar-refractivity contribution in [2.75, 3.05) is 24.3 Å². The molecule has 0 radical (unpaired) electrons. The van der Waals surface area contributed by atoms with Crippen molar-refractivity contribution in [1.29, 1.82) is 0 Å². The average Bonchev–Trinajstić information content (AvgIpc) is 2.95. The predicted molar refractivity (Wildman–Crippen MR) is 100 cm³/mol. The van der Waals surface area contributed by atoms with E-state index in [0.717, 1.165) is 10.2 Å². The van der Waals surface area contributed by atoms with Gasteiger partial charge in [-0.05, 0) is 24.3 Å². The van der Waals surface area contributed by atoms with Crippen molar-refractivity contribution in [3.8, 4) is 0 Å². The van der Waals surface area contributed by atoms with E-state index in [2.05, 4.69) is 10.3 Å². The fourth-order valence-electron chi connectivity index (χ4n) is 2.33. The zero-order chi connectivity index (χ0) is 18.1. The van der Waals surface area contributed by atoms with E-state index in [1.165, 1.54) is 23.5 Å². The van der Waals surface area contributed by atoms with Crippen molar-refractivity contribution in [2.24, 2.45) is 0 Å². The van der Waals surface area contributed by atoms with Gasteiger partial charge in [0.15, 0.2) is 5.13 Å². The maximum atomic E-state index is 12.6. The van der Waals surface area contributed by atoms with Crippen LogP contribution in [0.5, 0.6) is 0 Å². The van der Waals surface area contributed by atoms with Crippen LogP contribution in [0.2, 0.25) is 5.02 Å². The minimum atomic E-state index is -0.532. The molecule has 3 aromatic rings. The van der Waals surface area contributed by atoms with Gasteiger partial charge in [0.05, 0.1) is 20.7 Å². The fourth-order valence-corrected chi connectivity index (χ4v) is 3.46. The molecule has 25 heavy (non-hydrogen) atoms. The summed E-state index contributed by atoms with van der Waals surface area (Å²) in [6.45, 7) is 0. The van der Waals surface area contributed by atoms with Crippen LogP contribution < -0.4 is 10.2 Å². The molecule has 9 heteroatoms. The SMILES string of the molecule is CN(C)c1ccc([N+](=O)[O-])cc1C(=O)Nc1nc2ccc(Cl)cc2s1. The van der Waals surface area contributed by atoms with Crippen LogP contribution in [0.4, 0.5) is 16.5 Å². The first-order valence-electron chi connectivity index (χ1n) is 7.18. The number of anilines is 2. The number of nitrogens with one attached hydrogen (secondary N) is 1. The number of benzene rings is 2. The largest absolute Gasteiger partial charge is 0.377 e. The smallest absolute Gasteiger partial charge is 0.270 e. The Labute approximate surface area is 152 Å². The van der Waals surface area contributed by atoms with Crippen LogP contribution in [-0.4, -0.2) is 29.9 Å². The summed E-state index contributed by atoms with van der Waals surface area (Å²) in [5.41, 5.74) is 1.35. The topological polar surface area (TPSA) is 88.4 Å². The molecule has 0 saturated heterocycles. The van der Waals surface area contributed by atoms with E-state index in [0.29, 0.717) is 15.8 Å². The molecule has 0 aliphatic heterocycles. The molecular weight excluding hydrogens is 364 g/mol. The Balaban J connectivity index is 1.96. The highest BCUT2D eigenvalue weighted by Gasteiger charge is 2.19. The lowest BCUT2D eigenvalue weighted by atomic mass is 10.1. The summed E-state index contributed by atoms with van der Waals surface area (Å²) in [5, 5.41) is 14.7. The maximum Gasteiger partial charge on any atom is 0.270 e. The molecule has 0 spiro atoms. The first kappa shape index (κ1) is 17.1.